The van der Waals surface area contributed by atoms with E-state index in [1.54, 1.807) is 6.92 Å². The topological polar surface area (TPSA) is 41.1 Å². The van der Waals surface area contributed by atoms with Crippen molar-refractivity contribution in [1.29, 1.82) is 0 Å². The van der Waals surface area contributed by atoms with E-state index in [4.69, 9.17) is 11.6 Å². The third-order valence-corrected chi connectivity index (χ3v) is 5.34. The zero-order valence-electron chi connectivity index (χ0n) is 14.6. The van der Waals surface area contributed by atoms with Gasteiger partial charge >= 0.3 is 6.18 Å². The molecule has 25 heavy (non-hydrogen) atoms. The van der Waals surface area contributed by atoms with Crippen LogP contribution in [0.3, 0.4) is 0 Å². The number of hydrogen-bond acceptors (Lipinski definition) is 2. The van der Waals surface area contributed by atoms with Gasteiger partial charge in [0, 0.05) is 11.1 Å². The molecule has 0 aromatic heterocycles. The van der Waals surface area contributed by atoms with Crippen molar-refractivity contribution < 1.29 is 18.0 Å². The van der Waals surface area contributed by atoms with Gasteiger partial charge in [-0.1, -0.05) is 38.3 Å². The van der Waals surface area contributed by atoms with Crippen LogP contribution >= 0.6 is 11.6 Å². The summed E-state index contributed by atoms with van der Waals surface area (Å²) >= 11 is 5.66. The van der Waals surface area contributed by atoms with Gasteiger partial charge in [0.25, 0.3) is 0 Å². The highest BCUT2D eigenvalue weighted by atomic mass is 35.5. The molecule has 4 atom stereocenters. The Balaban J connectivity index is 2.07. The van der Waals surface area contributed by atoms with Crippen molar-refractivity contribution in [1.82, 2.24) is 5.32 Å². The van der Waals surface area contributed by atoms with Gasteiger partial charge in [-0.15, -0.1) is 0 Å². The first-order valence-corrected chi connectivity index (χ1v) is 8.91. The predicted octanol–water partition coefficient (Wildman–Crippen LogP) is 5.10. The van der Waals surface area contributed by atoms with Crippen LogP contribution < -0.4 is 10.6 Å². The molecule has 2 N–H and O–H groups in total. The first-order chi connectivity index (χ1) is 11.6. The second-order valence-corrected chi connectivity index (χ2v) is 7.38. The number of carbonyl (C=O) groups excluding carboxylic acids is 1. The lowest BCUT2D eigenvalue weighted by Crippen LogP contribution is -2.49. The highest BCUT2D eigenvalue weighted by molar-refractivity contribution is 6.30. The third kappa shape index (κ3) is 5.11. The third-order valence-electron chi connectivity index (χ3n) is 5.11. The van der Waals surface area contributed by atoms with E-state index in [2.05, 4.69) is 24.5 Å². The maximum absolute atomic E-state index is 13.1. The molecule has 0 radical (unpaired) electrons. The Morgan fingerprint density at radius 1 is 1.28 bits per heavy atom. The molecule has 1 aliphatic carbocycles. The van der Waals surface area contributed by atoms with E-state index in [1.807, 2.05) is 0 Å². The smallest absolute Gasteiger partial charge is 0.324 e. The molecular weight excluding hydrogens is 353 g/mol. The first-order valence-electron chi connectivity index (χ1n) is 8.53. The van der Waals surface area contributed by atoms with Crippen LogP contribution in [-0.2, 0) is 11.0 Å². The Bertz CT molecular complexity index is 621. The van der Waals surface area contributed by atoms with E-state index in [1.165, 1.54) is 18.6 Å². The summed E-state index contributed by atoms with van der Waals surface area (Å²) in [4.78, 5) is 12.4. The van der Waals surface area contributed by atoms with E-state index >= 15 is 0 Å². The second kappa shape index (κ2) is 7.96. The molecule has 0 aliphatic heterocycles. The van der Waals surface area contributed by atoms with Gasteiger partial charge in [-0.25, -0.2) is 0 Å². The highest BCUT2D eigenvalue weighted by Crippen LogP contribution is 2.36. The fourth-order valence-electron chi connectivity index (χ4n) is 3.32. The number of amides is 1. The molecule has 1 saturated carbocycles. The summed E-state index contributed by atoms with van der Waals surface area (Å²) in [5.41, 5.74) is -1.22. The molecule has 0 bridgehead atoms. The fourth-order valence-corrected chi connectivity index (χ4v) is 3.49. The number of nitrogens with one attached hydrogen (secondary N) is 2. The lowest BCUT2D eigenvalue weighted by molar-refractivity contribution is -0.137. The number of benzene rings is 1. The Morgan fingerprint density at radius 3 is 2.60 bits per heavy atom. The number of carbonyl (C=O) groups is 1. The molecule has 1 aromatic carbocycles. The van der Waals surface area contributed by atoms with Crippen LogP contribution in [0.2, 0.25) is 5.02 Å². The zero-order valence-corrected chi connectivity index (χ0v) is 15.3. The number of halogens is 4. The van der Waals surface area contributed by atoms with Crippen LogP contribution in [0.25, 0.3) is 0 Å². The van der Waals surface area contributed by atoms with Crippen LogP contribution in [0, 0.1) is 11.8 Å². The summed E-state index contributed by atoms with van der Waals surface area (Å²) in [7, 11) is 0. The monoisotopic (exact) mass is 376 g/mol. The first kappa shape index (κ1) is 20.0. The number of hydrogen-bond donors (Lipinski definition) is 2. The minimum atomic E-state index is -4.59. The van der Waals surface area contributed by atoms with Gasteiger partial charge in [0.15, 0.2) is 0 Å². The molecular formula is C18H24ClF3N2O. The van der Waals surface area contributed by atoms with Crippen molar-refractivity contribution >= 4 is 23.2 Å². The van der Waals surface area contributed by atoms with Crippen molar-refractivity contribution in [3.05, 3.63) is 28.8 Å². The minimum absolute atomic E-state index is 0.0264. The summed E-state index contributed by atoms with van der Waals surface area (Å²) in [6.07, 6.45) is -1.36. The number of rotatable bonds is 4. The molecule has 1 aliphatic rings. The van der Waals surface area contributed by atoms with Crippen molar-refractivity contribution in [2.75, 3.05) is 5.32 Å². The maximum atomic E-state index is 13.1. The molecule has 0 saturated heterocycles. The second-order valence-electron chi connectivity index (χ2n) is 6.94. The number of anilines is 1. The summed E-state index contributed by atoms with van der Waals surface area (Å²) in [6.45, 7) is 6.00. The molecule has 0 spiro atoms. The molecule has 3 nitrogen and oxygen atoms in total. The lowest BCUT2D eigenvalue weighted by atomic mass is 9.78. The Morgan fingerprint density at radius 2 is 1.96 bits per heavy atom. The van der Waals surface area contributed by atoms with Crippen LogP contribution in [-0.4, -0.2) is 18.0 Å². The van der Waals surface area contributed by atoms with E-state index in [0.717, 1.165) is 18.9 Å². The van der Waals surface area contributed by atoms with Gasteiger partial charge in [0.1, 0.15) is 0 Å². The molecule has 4 unspecified atom stereocenters. The van der Waals surface area contributed by atoms with E-state index in [-0.39, 0.29) is 16.8 Å². The standard InChI is InChI=1S/C18H24ClF3N2O/c1-10-5-4-6-15(11(10)2)23-12(3)17(25)24-16-8-7-13(19)9-14(16)18(20,21)22/h7-12,15,23H,4-6H2,1-3H3,(H,24,25). The van der Waals surface area contributed by atoms with Crippen molar-refractivity contribution in [2.45, 2.75) is 58.3 Å². The average Bonchev–Trinajstić information content (AvgIpc) is 2.52. The number of alkyl halides is 3. The van der Waals surface area contributed by atoms with Crippen molar-refractivity contribution in [3.8, 4) is 0 Å². The molecule has 1 amide bonds. The molecule has 140 valence electrons. The lowest BCUT2D eigenvalue weighted by Gasteiger charge is -2.36. The Labute approximate surface area is 151 Å². The summed E-state index contributed by atoms with van der Waals surface area (Å²) in [6, 6.07) is 2.93. The Kier molecular flexibility index (Phi) is 6.38. The quantitative estimate of drug-likeness (QED) is 0.767. The van der Waals surface area contributed by atoms with Crippen molar-refractivity contribution in [2.24, 2.45) is 11.8 Å². The van der Waals surface area contributed by atoms with E-state index in [9.17, 15) is 18.0 Å². The average molecular weight is 377 g/mol. The van der Waals surface area contributed by atoms with Crippen LogP contribution in [0.5, 0.6) is 0 Å². The summed E-state index contributed by atoms with van der Waals surface area (Å²) in [5.74, 6) is 0.498. The molecule has 0 heterocycles. The van der Waals surface area contributed by atoms with Gasteiger partial charge in [-0.3, -0.25) is 4.79 Å². The largest absolute Gasteiger partial charge is 0.418 e. The normalized spacial score (nSPS) is 25.5. The SMILES string of the molecule is CC(NC1CCCC(C)C1C)C(=O)Nc1ccc(Cl)cc1C(F)(F)F. The van der Waals surface area contributed by atoms with E-state index in [0.29, 0.717) is 11.8 Å². The van der Waals surface area contributed by atoms with Gasteiger partial charge in [0.2, 0.25) is 5.91 Å². The van der Waals surface area contributed by atoms with Gasteiger partial charge in [-0.2, -0.15) is 13.2 Å². The van der Waals surface area contributed by atoms with Crippen LogP contribution in [0.1, 0.15) is 45.6 Å². The summed E-state index contributed by atoms with van der Waals surface area (Å²) < 4.78 is 39.4. The molecule has 7 heteroatoms. The summed E-state index contributed by atoms with van der Waals surface area (Å²) in [5, 5.41) is 5.62. The fraction of sp³-hybridized carbons (Fsp3) is 0.611. The van der Waals surface area contributed by atoms with Gasteiger partial charge < -0.3 is 10.6 Å². The zero-order chi connectivity index (χ0) is 18.8. The molecule has 1 fully saturated rings. The molecule has 1 aromatic rings. The molecule has 2 rings (SSSR count). The Hall–Kier alpha value is -1.27. The van der Waals surface area contributed by atoms with E-state index < -0.39 is 23.7 Å². The maximum Gasteiger partial charge on any atom is 0.418 e. The van der Waals surface area contributed by atoms with Crippen LogP contribution in [0.15, 0.2) is 18.2 Å². The van der Waals surface area contributed by atoms with Gasteiger partial charge in [0.05, 0.1) is 17.3 Å². The van der Waals surface area contributed by atoms with Gasteiger partial charge in [-0.05, 0) is 43.4 Å². The van der Waals surface area contributed by atoms with Crippen LogP contribution in [0.4, 0.5) is 18.9 Å². The highest BCUT2D eigenvalue weighted by Gasteiger charge is 2.35. The predicted molar refractivity (Wildman–Crippen MR) is 93.6 cm³/mol. The minimum Gasteiger partial charge on any atom is -0.324 e. The van der Waals surface area contributed by atoms with Crippen molar-refractivity contribution in [3.63, 3.8) is 0 Å².